The molecule has 0 aliphatic carbocycles. The van der Waals surface area contributed by atoms with Crippen molar-refractivity contribution in [2.24, 2.45) is 0 Å². The van der Waals surface area contributed by atoms with Crippen molar-refractivity contribution in [3.8, 4) is 0 Å². The van der Waals surface area contributed by atoms with Gasteiger partial charge in [-0.1, -0.05) is 32.4 Å². The number of benzene rings is 1. The van der Waals surface area contributed by atoms with Crippen LogP contribution in [0.15, 0.2) is 30.3 Å². The summed E-state index contributed by atoms with van der Waals surface area (Å²) < 4.78 is 0. The Labute approximate surface area is 116 Å². The van der Waals surface area contributed by atoms with E-state index in [2.05, 4.69) is 51.1 Å². The van der Waals surface area contributed by atoms with Crippen molar-refractivity contribution in [3.63, 3.8) is 0 Å². The van der Waals surface area contributed by atoms with E-state index in [0.29, 0.717) is 5.92 Å². The van der Waals surface area contributed by atoms with Gasteiger partial charge in [-0.2, -0.15) is 6.07 Å². The Morgan fingerprint density at radius 3 is 2.44 bits per heavy atom. The van der Waals surface area contributed by atoms with E-state index in [-0.39, 0.29) is 0 Å². The summed E-state index contributed by atoms with van der Waals surface area (Å²) in [6.45, 7) is 6.65. The standard InChI is InChI=1S/C13H15.2ClH.Zr/c1-9(2)12-6-4-5-11-7-10(3)8-13(11)12;;;/h4-9H,1-3H3;2*1H;/q-1;;;+2/p-2. The van der Waals surface area contributed by atoms with E-state index >= 15 is 0 Å². The molecule has 2 aromatic rings. The van der Waals surface area contributed by atoms with Crippen molar-refractivity contribution in [1.82, 2.24) is 0 Å². The zero-order valence-electron chi connectivity index (χ0n) is 9.72. The molecule has 16 heavy (non-hydrogen) atoms. The van der Waals surface area contributed by atoms with Gasteiger partial charge in [-0.3, -0.25) is 0 Å². The molecule has 0 aliphatic rings. The Morgan fingerprint density at radius 2 is 1.88 bits per heavy atom. The first-order chi connectivity index (χ1) is 7.60. The van der Waals surface area contributed by atoms with Crippen LogP contribution in [0.5, 0.6) is 0 Å². The molecule has 3 heteroatoms. The van der Waals surface area contributed by atoms with Gasteiger partial charge in [0.05, 0.1) is 0 Å². The molecular formula is C13H15Cl2Zr-. The second kappa shape index (κ2) is 6.89. The predicted molar refractivity (Wildman–Crippen MR) is 70.1 cm³/mol. The summed E-state index contributed by atoms with van der Waals surface area (Å²) in [4.78, 5) is 0. The SMILES string of the molecule is Cc1cc2c(C(C)C)cccc2[cH-]1.[Cl][Zr][Cl]. The Balaban J connectivity index is 0.000000386. The van der Waals surface area contributed by atoms with Crippen molar-refractivity contribution in [1.29, 1.82) is 0 Å². The van der Waals surface area contributed by atoms with Gasteiger partial charge < -0.3 is 0 Å². The van der Waals surface area contributed by atoms with Crippen LogP contribution in [0.4, 0.5) is 0 Å². The normalized spacial score (nSPS) is 10.1. The number of rotatable bonds is 1. The molecule has 2 aromatic carbocycles. The zero-order valence-corrected chi connectivity index (χ0v) is 13.7. The third-order valence-electron chi connectivity index (χ3n) is 2.55. The summed E-state index contributed by atoms with van der Waals surface area (Å²) >= 11 is -0.826. The Bertz CT molecular complexity index is 446. The van der Waals surface area contributed by atoms with Crippen LogP contribution in [0.1, 0.15) is 30.9 Å². The molecule has 0 amide bonds. The van der Waals surface area contributed by atoms with Gasteiger partial charge in [-0.05, 0) is 5.92 Å². The van der Waals surface area contributed by atoms with Crippen molar-refractivity contribution < 1.29 is 20.8 Å². The van der Waals surface area contributed by atoms with E-state index in [1.165, 1.54) is 21.9 Å². The predicted octanol–water partition coefficient (Wildman–Crippen LogP) is 5.37. The minimum absolute atomic E-state index is 0.616. The van der Waals surface area contributed by atoms with Crippen molar-refractivity contribution >= 4 is 27.8 Å². The Kier molecular flexibility index (Phi) is 6.18. The van der Waals surface area contributed by atoms with Crippen molar-refractivity contribution in [3.05, 3.63) is 41.5 Å². The van der Waals surface area contributed by atoms with E-state index in [4.69, 9.17) is 17.0 Å². The van der Waals surface area contributed by atoms with Crippen LogP contribution in [-0.4, -0.2) is 0 Å². The minimum atomic E-state index is -0.826. The van der Waals surface area contributed by atoms with E-state index < -0.39 is 20.8 Å². The molecule has 0 bridgehead atoms. The molecule has 86 valence electrons. The zero-order chi connectivity index (χ0) is 12.1. The van der Waals surface area contributed by atoms with Crippen LogP contribution < -0.4 is 0 Å². The summed E-state index contributed by atoms with van der Waals surface area (Å²) in [5, 5.41) is 2.80. The number of fused-ring (bicyclic) bond motifs is 1. The van der Waals surface area contributed by atoms with Gasteiger partial charge in [-0.15, -0.1) is 34.5 Å². The molecule has 0 aromatic heterocycles. The molecule has 0 saturated heterocycles. The van der Waals surface area contributed by atoms with Gasteiger partial charge in [0.2, 0.25) is 0 Å². The molecule has 0 aliphatic heterocycles. The molecule has 0 saturated carbocycles. The van der Waals surface area contributed by atoms with Gasteiger partial charge in [-0.25, -0.2) is 0 Å². The summed E-state index contributed by atoms with van der Waals surface area (Å²) in [5.74, 6) is 0.616. The fourth-order valence-corrected chi connectivity index (χ4v) is 1.91. The van der Waals surface area contributed by atoms with E-state index in [1.807, 2.05) is 0 Å². The van der Waals surface area contributed by atoms with Gasteiger partial charge >= 0.3 is 37.9 Å². The number of aryl methyl sites for hydroxylation is 1. The second-order valence-corrected chi connectivity index (χ2v) is 7.84. The quantitative estimate of drug-likeness (QED) is 0.616. The van der Waals surface area contributed by atoms with Gasteiger partial charge in [0, 0.05) is 0 Å². The van der Waals surface area contributed by atoms with Gasteiger partial charge in [0.25, 0.3) is 0 Å². The fraction of sp³-hybridized carbons (Fsp3) is 0.308. The third kappa shape index (κ3) is 3.65. The topological polar surface area (TPSA) is 0 Å². The van der Waals surface area contributed by atoms with Crippen LogP contribution in [0.3, 0.4) is 0 Å². The first-order valence-corrected chi connectivity index (χ1v) is 11.6. The molecule has 0 spiro atoms. The molecule has 0 unspecified atom stereocenters. The molecule has 2 rings (SSSR count). The molecule has 0 radical (unpaired) electrons. The average molecular weight is 333 g/mol. The molecule has 0 N–H and O–H groups in total. The molecular weight excluding hydrogens is 318 g/mol. The molecule has 0 atom stereocenters. The number of halogens is 2. The maximum atomic E-state index is 4.93. The monoisotopic (exact) mass is 331 g/mol. The Hall–Kier alpha value is 0.293. The number of hydrogen-bond acceptors (Lipinski definition) is 0. The third-order valence-corrected chi connectivity index (χ3v) is 2.55. The molecule has 0 fully saturated rings. The first kappa shape index (κ1) is 14.4. The van der Waals surface area contributed by atoms with E-state index in [0.717, 1.165) is 0 Å². The summed E-state index contributed by atoms with van der Waals surface area (Å²) in [6, 6.07) is 11.1. The average Bonchev–Trinajstić information content (AvgIpc) is 2.58. The summed E-state index contributed by atoms with van der Waals surface area (Å²) in [6.07, 6.45) is 0. The molecule has 0 nitrogen and oxygen atoms in total. The molecule has 0 heterocycles. The van der Waals surface area contributed by atoms with Crippen LogP contribution in [0.2, 0.25) is 0 Å². The van der Waals surface area contributed by atoms with Gasteiger partial charge in [0.1, 0.15) is 0 Å². The second-order valence-electron chi connectivity index (χ2n) is 4.11. The Morgan fingerprint density at radius 1 is 1.25 bits per heavy atom. The van der Waals surface area contributed by atoms with Crippen molar-refractivity contribution in [2.45, 2.75) is 26.7 Å². The van der Waals surface area contributed by atoms with E-state index in [9.17, 15) is 0 Å². The maximum absolute atomic E-state index is 4.93. The van der Waals surface area contributed by atoms with Gasteiger partial charge in [0.15, 0.2) is 0 Å². The fourth-order valence-electron chi connectivity index (χ4n) is 1.91. The van der Waals surface area contributed by atoms with Crippen LogP contribution >= 0.6 is 17.0 Å². The van der Waals surface area contributed by atoms with Crippen LogP contribution in [0.25, 0.3) is 10.8 Å². The van der Waals surface area contributed by atoms with Crippen LogP contribution in [-0.2, 0) is 20.8 Å². The van der Waals surface area contributed by atoms with E-state index in [1.54, 1.807) is 0 Å². The first-order valence-electron chi connectivity index (χ1n) is 5.22. The van der Waals surface area contributed by atoms with Crippen molar-refractivity contribution in [2.75, 3.05) is 0 Å². The van der Waals surface area contributed by atoms with Crippen LogP contribution in [0, 0.1) is 6.92 Å². The summed E-state index contributed by atoms with van der Waals surface area (Å²) in [5.41, 5.74) is 2.83. The summed E-state index contributed by atoms with van der Waals surface area (Å²) in [7, 11) is 9.87. The number of hydrogen-bond donors (Lipinski definition) is 0.